The maximum absolute atomic E-state index is 13.3. The number of halogens is 1. The molecular weight excluding hydrogens is 183 g/mol. The Morgan fingerprint density at radius 2 is 2.29 bits per heavy atom. The molecule has 1 heterocycles. The van der Waals surface area contributed by atoms with E-state index in [-0.39, 0.29) is 11.6 Å². The zero-order valence-corrected chi connectivity index (χ0v) is 7.80. The molecule has 0 aliphatic rings. The summed E-state index contributed by atoms with van der Waals surface area (Å²) < 4.78 is 18.1. The summed E-state index contributed by atoms with van der Waals surface area (Å²) in [4.78, 5) is 2.96. The summed E-state index contributed by atoms with van der Waals surface area (Å²) in [6, 6.07) is 3.07. The lowest BCUT2D eigenvalue weighted by molar-refractivity contribution is 0.387. The van der Waals surface area contributed by atoms with E-state index in [1.54, 1.807) is 12.3 Å². The van der Waals surface area contributed by atoms with Crippen molar-refractivity contribution in [2.75, 3.05) is 7.11 Å². The van der Waals surface area contributed by atoms with Crippen molar-refractivity contribution in [3.63, 3.8) is 0 Å². The number of methoxy groups -OCH3 is 1. The second-order valence-electron chi connectivity index (χ2n) is 3.05. The fourth-order valence-electron chi connectivity index (χ4n) is 1.51. The van der Waals surface area contributed by atoms with E-state index < -0.39 is 0 Å². The van der Waals surface area contributed by atoms with Gasteiger partial charge in [-0.3, -0.25) is 0 Å². The highest BCUT2D eigenvalue weighted by Gasteiger charge is 2.08. The number of nitrogens with one attached hydrogen (secondary N) is 1. The molecule has 0 unspecified atom stereocenters. The first-order valence-corrected chi connectivity index (χ1v) is 4.30. The van der Waals surface area contributed by atoms with Crippen molar-refractivity contribution >= 4 is 10.9 Å². The van der Waals surface area contributed by atoms with Crippen LogP contribution in [0.2, 0.25) is 0 Å². The Morgan fingerprint density at radius 1 is 1.50 bits per heavy atom. The molecular formula is C10H11FN2O. The number of H-pyrrole nitrogens is 1. The molecule has 4 heteroatoms. The van der Waals surface area contributed by atoms with E-state index in [4.69, 9.17) is 10.5 Å². The topological polar surface area (TPSA) is 51.0 Å². The first-order chi connectivity index (χ1) is 6.76. The quantitative estimate of drug-likeness (QED) is 0.765. The maximum Gasteiger partial charge on any atom is 0.167 e. The Hall–Kier alpha value is -1.55. The van der Waals surface area contributed by atoms with Crippen LogP contribution < -0.4 is 10.5 Å². The fraction of sp³-hybridized carbons (Fsp3) is 0.200. The van der Waals surface area contributed by atoms with Crippen molar-refractivity contribution in [1.29, 1.82) is 0 Å². The second kappa shape index (κ2) is 3.31. The summed E-state index contributed by atoms with van der Waals surface area (Å²) in [5, 5.41) is 0.908. The van der Waals surface area contributed by atoms with E-state index in [2.05, 4.69) is 4.98 Å². The number of aromatic amines is 1. The summed E-state index contributed by atoms with van der Waals surface area (Å²) in [6.07, 6.45) is 1.78. The van der Waals surface area contributed by atoms with Gasteiger partial charge >= 0.3 is 0 Å². The number of rotatable bonds is 2. The van der Waals surface area contributed by atoms with Crippen LogP contribution >= 0.6 is 0 Å². The third-order valence-electron chi connectivity index (χ3n) is 2.26. The van der Waals surface area contributed by atoms with Crippen LogP contribution in [0.4, 0.5) is 4.39 Å². The summed E-state index contributed by atoms with van der Waals surface area (Å²) in [5.41, 5.74) is 7.23. The van der Waals surface area contributed by atoms with Gasteiger partial charge in [0.2, 0.25) is 0 Å². The summed E-state index contributed by atoms with van der Waals surface area (Å²) >= 11 is 0. The molecule has 0 aliphatic carbocycles. The highest BCUT2D eigenvalue weighted by atomic mass is 19.1. The standard InChI is InChI=1S/C10H11FN2O/c1-14-10-2-7-6(4-12)5-13-9(7)3-8(10)11/h2-3,5,13H,4,12H2,1H3. The molecule has 3 nitrogen and oxygen atoms in total. The van der Waals surface area contributed by atoms with E-state index in [1.165, 1.54) is 13.2 Å². The zero-order chi connectivity index (χ0) is 10.1. The van der Waals surface area contributed by atoms with Gasteiger partial charge in [-0.25, -0.2) is 4.39 Å². The lowest BCUT2D eigenvalue weighted by atomic mass is 10.1. The van der Waals surface area contributed by atoms with Crippen molar-refractivity contribution in [3.8, 4) is 5.75 Å². The van der Waals surface area contributed by atoms with Gasteiger partial charge in [-0.1, -0.05) is 0 Å². The second-order valence-corrected chi connectivity index (χ2v) is 3.05. The minimum atomic E-state index is -0.370. The molecule has 0 atom stereocenters. The Kier molecular flexibility index (Phi) is 2.13. The van der Waals surface area contributed by atoms with Gasteiger partial charge in [0, 0.05) is 29.7 Å². The van der Waals surface area contributed by atoms with Crippen LogP contribution in [0.25, 0.3) is 10.9 Å². The largest absolute Gasteiger partial charge is 0.494 e. The molecule has 0 bridgehead atoms. The summed E-state index contributed by atoms with van der Waals surface area (Å²) in [7, 11) is 1.44. The Morgan fingerprint density at radius 3 is 2.93 bits per heavy atom. The van der Waals surface area contributed by atoms with Gasteiger partial charge in [-0.15, -0.1) is 0 Å². The average molecular weight is 194 g/mol. The molecule has 2 aromatic rings. The average Bonchev–Trinajstić information content (AvgIpc) is 2.58. The van der Waals surface area contributed by atoms with Crippen molar-refractivity contribution in [1.82, 2.24) is 4.98 Å². The van der Waals surface area contributed by atoms with Crippen molar-refractivity contribution < 1.29 is 9.13 Å². The molecule has 0 saturated carbocycles. The Bertz CT molecular complexity index is 464. The number of nitrogens with two attached hydrogens (primary N) is 1. The number of benzene rings is 1. The van der Waals surface area contributed by atoms with Crippen LogP contribution in [0.3, 0.4) is 0 Å². The van der Waals surface area contributed by atoms with Crippen LogP contribution in [-0.4, -0.2) is 12.1 Å². The van der Waals surface area contributed by atoms with Crippen LogP contribution in [0.5, 0.6) is 5.75 Å². The van der Waals surface area contributed by atoms with Crippen LogP contribution in [-0.2, 0) is 6.54 Å². The SMILES string of the molecule is COc1cc2c(CN)c[nH]c2cc1F. The lowest BCUT2D eigenvalue weighted by Gasteiger charge is -2.02. The van der Waals surface area contributed by atoms with Gasteiger partial charge in [-0.2, -0.15) is 0 Å². The number of aromatic nitrogens is 1. The van der Waals surface area contributed by atoms with Gasteiger partial charge in [0.15, 0.2) is 11.6 Å². The number of fused-ring (bicyclic) bond motifs is 1. The van der Waals surface area contributed by atoms with Gasteiger partial charge in [0.1, 0.15) is 0 Å². The van der Waals surface area contributed by atoms with E-state index in [9.17, 15) is 4.39 Å². The van der Waals surface area contributed by atoms with E-state index >= 15 is 0 Å². The highest BCUT2D eigenvalue weighted by Crippen LogP contribution is 2.26. The highest BCUT2D eigenvalue weighted by molar-refractivity contribution is 5.84. The first kappa shape index (κ1) is 9.02. The van der Waals surface area contributed by atoms with Gasteiger partial charge in [-0.05, 0) is 11.6 Å². The molecule has 0 aliphatic heterocycles. The molecule has 0 spiro atoms. The molecule has 0 amide bonds. The minimum absolute atomic E-state index is 0.242. The van der Waals surface area contributed by atoms with E-state index in [0.29, 0.717) is 6.54 Å². The number of hydrogen-bond donors (Lipinski definition) is 2. The van der Waals surface area contributed by atoms with Gasteiger partial charge < -0.3 is 15.5 Å². The van der Waals surface area contributed by atoms with Gasteiger partial charge in [0.05, 0.1) is 7.11 Å². The van der Waals surface area contributed by atoms with E-state index in [0.717, 1.165) is 16.5 Å². The molecule has 1 aromatic heterocycles. The van der Waals surface area contributed by atoms with Crippen molar-refractivity contribution in [2.24, 2.45) is 5.73 Å². The molecule has 3 N–H and O–H groups in total. The predicted molar refractivity (Wildman–Crippen MR) is 52.7 cm³/mol. The van der Waals surface area contributed by atoms with Gasteiger partial charge in [0.25, 0.3) is 0 Å². The molecule has 1 aromatic carbocycles. The normalized spacial score (nSPS) is 10.8. The van der Waals surface area contributed by atoms with Crippen molar-refractivity contribution in [2.45, 2.75) is 6.54 Å². The third kappa shape index (κ3) is 1.24. The first-order valence-electron chi connectivity index (χ1n) is 4.30. The molecule has 14 heavy (non-hydrogen) atoms. The summed E-state index contributed by atoms with van der Waals surface area (Å²) in [6.45, 7) is 0.425. The fourth-order valence-corrected chi connectivity index (χ4v) is 1.51. The lowest BCUT2D eigenvalue weighted by Crippen LogP contribution is -1.94. The monoisotopic (exact) mass is 194 g/mol. The molecule has 2 rings (SSSR count). The molecule has 0 fully saturated rings. The van der Waals surface area contributed by atoms with Crippen LogP contribution in [0.1, 0.15) is 5.56 Å². The number of ether oxygens (including phenoxy) is 1. The molecule has 0 radical (unpaired) electrons. The Labute approximate surface area is 80.7 Å². The minimum Gasteiger partial charge on any atom is -0.494 e. The Balaban J connectivity index is 2.70. The van der Waals surface area contributed by atoms with Crippen LogP contribution in [0.15, 0.2) is 18.3 Å². The molecule has 74 valence electrons. The molecule has 0 saturated heterocycles. The van der Waals surface area contributed by atoms with E-state index in [1.807, 2.05) is 0 Å². The van der Waals surface area contributed by atoms with Crippen LogP contribution in [0, 0.1) is 5.82 Å². The maximum atomic E-state index is 13.3. The smallest absolute Gasteiger partial charge is 0.167 e. The van der Waals surface area contributed by atoms with Crippen molar-refractivity contribution in [3.05, 3.63) is 29.7 Å². The predicted octanol–water partition coefficient (Wildman–Crippen LogP) is 1.77. The summed E-state index contributed by atoms with van der Waals surface area (Å²) in [5.74, 6) is -0.128. The third-order valence-corrected chi connectivity index (χ3v) is 2.26. The number of hydrogen-bond acceptors (Lipinski definition) is 2. The zero-order valence-electron chi connectivity index (χ0n) is 7.80.